The molecule has 0 bridgehead atoms. The van der Waals surface area contributed by atoms with Gasteiger partial charge in [-0.1, -0.05) is 6.07 Å². The third-order valence-electron chi connectivity index (χ3n) is 3.07. The van der Waals surface area contributed by atoms with Gasteiger partial charge in [0, 0.05) is 44.1 Å². The Balaban J connectivity index is 0.00000162. The summed E-state index contributed by atoms with van der Waals surface area (Å²) in [6.45, 7) is 5.76. The Labute approximate surface area is 118 Å². The van der Waals surface area contributed by atoms with Crippen molar-refractivity contribution in [3.05, 3.63) is 22.4 Å². The molecule has 1 fully saturated rings. The van der Waals surface area contributed by atoms with E-state index in [1.165, 1.54) is 4.88 Å². The average Bonchev–Trinajstić information content (AvgIpc) is 2.81. The summed E-state index contributed by atoms with van der Waals surface area (Å²) >= 11 is 1.80. The first kappa shape index (κ1) is 15.4. The van der Waals surface area contributed by atoms with Gasteiger partial charge in [-0.2, -0.15) is 0 Å². The molecule has 2 heterocycles. The minimum atomic E-state index is -0.703. The molecule has 0 aliphatic carbocycles. The Morgan fingerprint density at radius 1 is 1.28 bits per heavy atom. The Kier molecular flexibility index (Phi) is 6.63. The minimum absolute atomic E-state index is 0. The summed E-state index contributed by atoms with van der Waals surface area (Å²) in [6, 6.07) is 4.25. The molecule has 0 radical (unpaired) electrons. The molecule has 6 heteroatoms. The fourth-order valence-electron chi connectivity index (χ4n) is 2.05. The number of aliphatic carboxylic acids is 1. The zero-order valence-corrected chi connectivity index (χ0v) is 11.9. The largest absolute Gasteiger partial charge is 0.481 e. The van der Waals surface area contributed by atoms with Crippen LogP contribution in [0.2, 0.25) is 0 Å². The standard InChI is InChI=1S/C12H18N2O2S.ClH/c15-12(16)3-4-13-5-7-14(8-6-13)10-11-2-1-9-17-11;/h1-2,9H,3-8,10H2,(H,15,16);1H. The molecule has 18 heavy (non-hydrogen) atoms. The number of nitrogens with zero attached hydrogens (tertiary/aromatic N) is 2. The van der Waals surface area contributed by atoms with Crippen LogP contribution in [-0.4, -0.2) is 53.6 Å². The van der Waals surface area contributed by atoms with E-state index in [9.17, 15) is 4.79 Å². The van der Waals surface area contributed by atoms with E-state index in [-0.39, 0.29) is 18.8 Å². The number of carboxylic acid groups (broad SMARTS) is 1. The van der Waals surface area contributed by atoms with Gasteiger partial charge in [0.15, 0.2) is 0 Å². The summed E-state index contributed by atoms with van der Waals surface area (Å²) in [7, 11) is 0. The van der Waals surface area contributed by atoms with Crippen molar-refractivity contribution in [3.63, 3.8) is 0 Å². The summed E-state index contributed by atoms with van der Waals surface area (Å²) in [4.78, 5) is 16.6. The van der Waals surface area contributed by atoms with Crippen molar-refractivity contribution in [2.75, 3.05) is 32.7 Å². The molecule has 1 aliphatic heterocycles. The molecule has 0 amide bonds. The highest BCUT2D eigenvalue weighted by Crippen LogP contribution is 2.13. The van der Waals surface area contributed by atoms with Crippen LogP contribution in [0.1, 0.15) is 11.3 Å². The molecule has 0 aromatic carbocycles. The Morgan fingerprint density at radius 2 is 1.94 bits per heavy atom. The summed E-state index contributed by atoms with van der Waals surface area (Å²) < 4.78 is 0. The van der Waals surface area contributed by atoms with Crippen LogP contribution in [0, 0.1) is 0 Å². The highest BCUT2D eigenvalue weighted by atomic mass is 35.5. The lowest BCUT2D eigenvalue weighted by Gasteiger charge is -2.34. The molecule has 1 aliphatic rings. The van der Waals surface area contributed by atoms with Crippen molar-refractivity contribution in [2.45, 2.75) is 13.0 Å². The molecule has 4 nitrogen and oxygen atoms in total. The number of thiophene rings is 1. The van der Waals surface area contributed by atoms with Gasteiger partial charge in [0.05, 0.1) is 6.42 Å². The maximum atomic E-state index is 10.5. The number of piperazine rings is 1. The van der Waals surface area contributed by atoms with Gasteiger partial charge in [-0.15, -0.1) is 23.7 Å². The van der Waals surface area contributed by atoms with Gasteiger partial charge in [-0.05, 0) is 11.4 Å². The highest BCUT2D eigenvalue weighted by molar-refractivity contribution is 7.09. The van der Waals surface area contributed by atoms with Crippen LogP contribution in [0.15, 0.2) is 17.5 Å². The minimum Gasteiger partial charge on any atom is -0.481 e. The van der Waals surface area contributed by atoms with E-state index in [0.717, 1.165) is 32.7 Å². The number of carbonyl (C=O) groups is 1. The Bertz CT molecular complexity index is 351. The normalized spacial score (nSPS) is 17.3. The van der Waals surface area contributed by atoms with Crippen molar-refractivity contribution in [3.8, 4) is 0 Å². The van der Waals surface area contributed by atoms with E-state index in [0.29, 0.717) is 6.54 Å². The van der Waals surface area contributed by atoms with Crippen LogP contribution < -0.4 is 0 Å². The van der Waals surface area contributed by atoms with Gasteiger partial charge in [-0.25, -0.2) is 0 Å². The second kappa shape index (κ2) is 7.74. The van der Waals surface area contributed by atoms with E-state index in [4.69, 9.17) is 5.11 Å². The molecule has 2 rings (SSSR count). The lowest BCUT2D eigenvalue weighted by molar-refractivity contribution is -0.137. The lowest BCUT2D eigenvalue weighted by Crippen LogP contribution is -2.46. The number of halogens is 1. The third-order valence-corrected chi connectivity index (χ3v) is 3.93. The molecule has 1 aromatic heterocycles. The highest BCUT2D eigenvalue weighted by Gasteiger charge is 2.17. The quantitative estimate of drug-likeness (QED) is 0.897. The van der Waals surface area contributed by atoms with Crippen LogP contribution >= 0.6 is 23.7 Å². The summed E-state index contributed by atoms with van der Waals surface area (Å²) in [5.41, 5.74) is 0. The molecule has 0 unspecified atom stereocenters. The van der Waals surface area contributed by atoms with Crippen molar-refractivity contribution in [1.29, 1.82) is 0 Å². The number of carboxylic acids is 1. The van der Waals surface area contributed by atoms with E-state index >= 15 is 0 Å². The second-order valence-corrected chi connectivity index (χ2v) is 5.37. The van der Waals surface area contributed by atoms with E-state index in [2.05, 4.69) is 27.3 Å². The molecule has 1 saturated heterocycles. The lowest BCUT2D eigenvalue weighted by atomic mass is 10.3. The van der Waals surface area contributed by atoms with Gasteiger partial charge in [0.1, 0.15) is 0 Å². The number of rotatable bonds is 5. The molecule has 0 saturated carbocycles. The van der Waals surface area contributed by atoms with Gasteiger partial charge in [-0.3, -0.25) is 9.69 Å². The summed E-state index contributed by atoms with van der Waals surface area (Å²) in [5, 5.41) is 10.7. The zero-order valence-electron chi connectivity index (χ0n) is 10.2. The third kappa shape index (κ3) is 4.94. The number of hydrogen-bond acceptors (Lipinski definition) is 4. The van der Waals surface area contributed by atoms with Gasteiger partial charge in [0.25, 0.3) is 0 Å². The molecule has 1 aromatic rings. The van der Waals surface area contributed by atoms with Crippen LogP contribution in [-0.2, 0) is 11.3 Å². The smallest absolute Gasteiger partial charge is 0.304 e. The van der Waals surface area contributed by atoms with E-state index < -0.39 is 5.97 Å². The van der Waals surface area contributed by atoms with Crippen LogP contribution in [0.3, 0.4) is 0 Å². The SMILES string of the molecule is Cl.O=C(O)CCN1CCN(Cc2cccs2)CC1. The molecular weight excluding hydrogens is 272 g/mol. The average molecular weight is 291 g/mol. The molecule has 0 spiro atoms. The molecule has 102 valence electrons. The first-order valence-corrected chi connectivity index (χ1v) is 6.81. The van der Waals surface area contributed by atoms with Crippen molar-refractivity contribution >= 4 is 29.7 Å². The predicted molar refractivity (Wildman–Crippen MR) is 75.5 cm³/mol. The van der Waals surface area contributed by atoms with Crippen LogP contribution in [0.25, 0.3) is 0 Å². The fraction of sp³-hybridized carbons (Fsp3) is 0.583. The molecule has 0 atom stereocenters. The first-order chi connectivity index (χ1) is 8.24. The predicted octanol–water partition coefficient (Wildman–Crippen LogP) is 1.76. The van der Waals surface area contributed by atoms with Gasteiger partial charge >= 0.3 is 5.97 Å². The van der Waals surface area contributed by atoms with Gasteiger partial charge in [0.2, 0.25) is 0 Å². The maximum Gasteiger partial charge on any atom is 0.304 e. The second-order valence-electron chi connectivity index (χ2n) is 4.34. The van der Waals surface area contributed by atoms with Crippen LogP contribution in [0.5, 0.6) is 0 Å². The van der Waals surface area contributed by atoms with Crippen molar-refractivity contribution in [2.24, 2.45) is 0 Å². The fourth-order valence-corrected chi connectivity index (χ4v) is 2.79. The first-order valence-electron chi connectivity index (χ1n) is 5.93. The summed E-state index contributed by atoms with van der Waals surface area (Å²) in [5.74, 6) is -0.703. The van der Waals surface area contributed by atoms with Gasteiger partial charge < -0.3 is 10.0 Å². The van der Waals surface area contributed by atoms with E-state index in [1.54, 1.807) is 11.3 Å². The Morgan fingerprint density at radius 3 is 2.50 bits per heavy atom. The monoisotopic (exact) mass is 290 g/mol. The molecule has 1 N–H and O–H groups in total. The van der Waals surface area contributed by atoms with E-state index in [1.807, 2.05) is 0 Å². The zero-order chi connectivity index (χ0) is 12.1. The maximum absolute atomic E-state index is 10.5. The number of hydrogen-bond donors (Lipinski definition) is 1. The topological polar surface area (TPSA) is 43.8 Å². The van der Waals surface area contributed by atoms with Crippen molar-refractivity contribution < 1.29 is 9.90 Å². The van der Waals surface area contributed by atoms with Crippen LogP contribution in [0.4, 0.5) is 0 Å². The Hall–Kier alpha value is -0.620. The van der Waals surface area contributed by atoms with Crippen molar-refractivity contribution in [1.82, 2.24) is 9.80 Å². The molecular formula is C12H19ClN2O2S. The summed E-state index contributed by atoms with van der Waals surface area (Å²) in [6.07, 6.45) is 0.255.